The summed E-state index contributed by atoms with van der Waals surface area (Å²) in [5.41, 5.74) is 0. The van der Waals surface area contributed by atoms with Crippen molar-refractivity contribution in [3.05, 3.63) is 11.8 Å². The van der Waals surface area contributed by atoms with Crippen molar-refractivity contribution >= 4 is 5.91 Å². The van der Waals surface area contributed by atoms with Crippen molar-refractivity contribution in [2.45, 2.75) is 69.0 Å². The minimum atomic E-state index is -4.71. The van der Waals surface area contributed by atoms with Crippen molar-refractivity contribution in [3.8, 4) is 0 Å². The molecular weight excluding hydrogens is 452 g/mol. The van der Waals surface area contributed by atoms with Crippen molar-refractivity contribution in [1.82, 2.24) is 15.5 Å². The molecule has 3 fully saturated rings. The van der Waals surface area contributed by atoms with E-state index in [0.717, 1.165) is 0 Å². The van der Waals surface area contributed by atoms with Gasteiger partial charge >= 0.3 is 12.7 Å². The van der Waals surface area contributed by atoms with Crippen LogP contribution in [-0.2, 0) is 19.0 Å². The van der Waals surface area contributed by atoms with Gasteiger partial charge in [-0.1, -0.05) is 0 Å². The van der Waals surface area contributed by atoms with Gasteiger partial charge in [-0.3, -0.25) is 14.3 Å². The van der Waals surface area contributed by atoms with Crippen molar-refractivity contribution < 1.29 is 49.8 Å². The first-order valence-electron chi connectivity index (χ1n) is 10.2. The van der Waals surface area contributed by atoms with Crippen LogP contribution in [0.5, 0.6) is 0 Å². The van der Waals surface area contributed by atoms with Gasteiger partial charge in [-0.15, -0.1) is 36.5 Å². The molecule has 180 valence electrons. The Balaban J connectivity index is 1.16. The number of carbonyl (C=O) groups is 1. The lowest BCUT2D eigenvalue weighted by molar-refractivity contribution is -0.352. The Kier molecular flexibility index (Phi) is 6.38. The van der Waals surface area contributed by atoms with E-state index in [-0.39, 0.29) is 49.1 Å². The Morgan fingerprint density at radius 3 is 2.38 bits per heavy atom. The monoisotopic (exact) mass is 473 g/mol. The highest BCUT2D eigenvalue weighted by Crippen LogP contribution is 2.42. The van der Waals surface area contributed by atoms with Crippen LogP contribution in [0, 0.1) is 11.8 Å². The van der Waals surface area contributed by atoms with Crippen LogP contribution < -0.4 is 5.32 Å². The van der Waals surface area contributed by atoms with Crippen LogP contribution in [0.2, 0.25) is 0 Å². The third-order valence-electron chi connectivity index (χ3n) is 5.82. The summed E-state index contributed by atoms with van der Waals surface area (Å²) in [6.07, 6.45) is -9.18. The molecule has 2 aliphatic carbocycles. The Labute approximate surface area is 178 Å². The van der Waals surface area contributed by atoms with Gasteiger partial charge in [-0.05, 0) is 38.0 Å². The number of amides is 1. The Morgan fingerprint density at radius 2 is 1.75 bits per heavy atom. The summed E-state index contributed by atoms with van der Waals surface area (Å²) in [6, 6.07) is -0.294. The molecule has 1 aromatic rings. The lowest BCUT2D eigenvalue weighted by Crippen LogP contribution is -2.42. The minimum absolute atomic E-state index is 0.136. The summed E-state index contributed by atoms with van der Waals surface area (Å²) in [4.78, 5) is 12.2. The predicted octanol–water partition coefficient (Wildman–Crippen LogP) is 3.36. The molecule has 2 heterocycles. The van der Waals surface area contributed by atoms with Crippen LogP contribution in [0.15, 0.2) is 4.42 Å². The van der Waals surface area contributed by atoms with Gasteiger partial charge in [0, 0.05) is 11.8 Å². The second kappa shape index (κ2) is 8.78. The molecular formula is C18H21F6N3O5. The molecule has 2 saturated carbocycles. The molecule has 1 saturated heterocycles. The Morgan fingerprint density at radius 1 is 1.03 bits per heavy atom. The van der Waals surface area contributed by atoms with Gasteiger partial charge < -0.3 is 14.5 Å². The Bertz CT molecular complexity index is 802. The van der Waals surface area contributed by atoms with Crippen LogP contribution in [0.3, 0.4) is 0 Å². The average Bonchev–Trinajstić information content (AvgIpc) is 3.29. The summed E-state index contributed by atoms with van der Waals surface area (Å²) in [6.45, 7) is -0.371. The highest BCUT2D eigenvalue weighted by atomic mass is 19.4. The maximum atomic E-state index is 12.2. The number of nitrogens with one attached hydrogen (secondary N) is 1. The largest absolute Gasteiger partial charge is 0.522 e. The van der Waals surface area contributed by atoms with Gasteiger partial charge in [0.25, 0.3) is 0 Å². The van der Waals surface area contributed by atoms with E-state index >= 15 is 0 Å². The first-order valence-corrected chi connectivity index (χ1v) is 10.2. The third kappa shape index (κ3) is 6.10. The predicted molar refractivity (Wildman–Crippen MR) is 90.7 cm³/mol. The number of hydrogen-bond donors (Lipinski definition) is 1. The summed E-state index contributed by atoms with van der Waals surface area (Å²) < 4.78 is 91.7. The summed E-state index contributed by atoms with van der Waals surface area (Å²) >= 11 is 0. The first kappa shape index (κ1) is 23.2. The number of rotatable bonds is 7. The number of alkyl halides is 6. The quantitative estimate of drug-likeness (QED) is 0.607. The Hall–Kier alpha value is -1.93. The standard InChI is InChI=1S/C18H21F6N3O5/c19-17(20,21)30-6-9-5-12(9)14(28)25-10-1-2-13(29-7-10)16-27-26-15(31-16)8-3-11(4-8)32-18(22,23)24/h8-13H,1-7H2,(H,25,28)/t8?,9-,10+,11?,12+,13-/m0/s1. The lowest BCUT2D eigenvalue weighted by Gasteiger charge is -2.33. The van der Waals surface area contributed by atoms with Gasteiger partial charge in [-0.25, -0.2) is 0 Å². The van der Waals surface area contributed by atoms with Crippen LogP contribution in [0.4, 0.5) is 26.3 Å². The van der Waals surface area contributed by atoms with Crippen LogP contribution >= 0.6 is 0 Å². The van der Waals surface area contributed by atoms with Crippen LogP contribution in [0.25, 0.3) is 0 Å². The summed E-state index contributed by atoms with van der Waals surface area (Å²) in [7, 11) is 0. The summed E-state index contributed by atoms with van der Waals surface area (Å²) in [5, 5.41) is 10.6. The number of nitrogens with zero attached hydrogens (tertiary/aromatic N) is 2. The van der Waals surface area contributed by atoms with E-state index in [1.54, 1.807) is 0 Å². The van der Waals surface area contributed by atoms with E-state index in [9.17, 15) is 31.1 Å². The number of ether oxygens (including phenoxy) is 3. The summed E-state index contributed by atoms with van der Waals surface area (Å²) in [5.74, 6) is -1.11. The molecule has 0 aromatic carbocycles. The van der Waals surface area contributed by atoms with Gasteiger partial charge in [-0.2, -0.15) is 0 Å². The van der Waals surface area contributed by atoms with E-state index in [4.69, 9.17) is 9.15 Å². The van der Waals surface area contributed by atoms with Crippen LogP contribution in [-0.4, -0.2) is 54.2 Å². The molecule has 0 unspecified atom stereocenters. The molecule has 1 aliphatic heterocycles. The number of halogens is 6. The van der Waals surface area contributed by atoms with Crippen molar-refractivity contribution in [1.29, 1.82) is 0 Å². The van der Waals surface area contributed by atoms with Crippen molar-refractivity contribution in [2.24, 2.45) is 11.8 Å². The SMILES string of the molecule is O=C(N[C@@H]1CC[C@@H](c2nnc(C3CC(OC(F)(F)F)C3)o2)OC1)[C@@H]1C[C@H]1COC(F)(F)F. The molecule has 4 atom stereocenters. The van der Waals surface area contributed by atoms with Gasteiger partial charge in [0.2, 0.25) is 17.7 Å². The molecule has 14 heteroatoms. The van der Waals surface area contributed by atoms with Crippen LogP contribution in [0.1, 0.15) is 55.9 Å². The molecule has 0 bridgehead atoms. The fourth-order valence-corrected chi connectivity index (χ4v) is 3.92. The molecule has 1 N–H and O–H groups in total. The molecule has 3 aliphatic rings. The number of hydrogen-bond acceptors (Lipinski definition) is 7. The second-order valence-electron chi connectivity index (χ2n) is 8.30. The molecule has 8 nitrogen and oxygen atoms in total. The van der Waals surface area contributed by atoms with Gasteiger partial charge in [0.05, 0.1) is 25.4 Å². The van der Waals surface area contributed by atoms with E-state index in [1.165, 1.54) is 0 Å². The fraction of sp³-hybridized carbons (Fsp3) is 0.833. The average molecular weight is 473 g/mol. The molecule has 1 aromatic heterocycles. The molecule has 0 spiro atoms. The normalized spacial score (nSPS) is 32.9. The van der Waals surface area contributed by atoms with E-state index in [1.807, 2.05) is 0 Å². The van der Waals surface area contributed by atoms with Crippen molar-refractivity contribution in [3.63, 3.8) is 0 Å². The zero-order valence-electron chi connectivity index (χ0n) is 16.6. The molecule has 4 rings (SSSR count). The minimum Gasteiger partial charge on any atom is -0.422 e. The maximum absolute atomic E-state index is 12.2. The van der Waals surface area contributed by atoms with E-state index in [0.29, 0.717) is 19.3 Å². The number of carbonyl (C=O) groups excluding carboxylic acids is 1. The zero-order chi connectivity index (χ0) is 23.1. The molecule has 1 amide bonds. The highest BCUT2D eigenvalue weighted by molar-refractivity contribution is 5.81. The fourth-order valence-electron chi connectivity index (χ4n) is 3.92. The first-order chi connectivity index (χ1) is 15.0. The highest BCUT2D eigenvalue weighted by Gasteiger charge is 2.46. The van der Waals surface area contributed by atoms with E-state index in [2.05, 4.69) is 25.0 Å². The van der Waals surface area contributed by atoms with Gasteiger partial charge in [0.1, 0.15) is 6.10 Å². The third-order valence-corrected chi connectivity index (χ3v) is 5.82. The zero-order valence-corrected chi connectivity index (χ0v) is 16.6. The maximum Gasteiger partial charge on any atom is 0.522 e. The molecule has 32 heavy (non-hydrogen) atoms. The molecule has 0 radical (unpaired) electrons. The lowest BCUT2D eigenvalue weighted by atomic mass is 9.82. The van der Waals surface area contributed by atoms with Crippen molar-refractivity contribution in [2.75, 3.05) is 13.2 Å². The number of aromatic nitrogens is 2. The van der Waals surface area contributed by atoms with Gasteiger partial charge in [0.15, 0.2) is 0 Å². The second-order valence-corrected chi connectivity index (χ2v) is 8.30. The topological polar surface area (TPSA) is 95.7 Å². The smallest absolute Gasteiger partial charge is 0.422 e. The van der Waals surface area contributed by atoms with E-state index < -0.39 is 43.4 Å².